The predicted octanol–water partition coefficient (Wildman–Crippen LogP) is 2.10. The van der Waals surface area contributed by atoms with Crippen LogP contribution in [0.3, 0.4) is 0 Å². The molecule has 1 aliphatic heterocycles. The van der Waals surface area contributed by atoms with E-state index in [2.05, 4.69) is 20.5 Å². The van der Waals surface area contributed by atoms with E-state index >= 15 is 0 Å². The molecule has 1 unspecified atom stereocenters. The smallest absolute Gasteiger partial charge is 0.265 e. The fraction of sp³-hybridized carbons (Fsp3) is 0.250. The third kappa shape index (κ3) is 2.58. The minimum absolute atomic E-state index is 0.114. The number of thioether (sulfide) groups is 1. The number of aromatic nitrogens is 4. The second-order valence-corrected chi connectivity index (χ2v) is 6.77. The number of hydrogen-bond donors (Lipinski definition) is 2. The molecule has 0 saturated carbocycles. The molecule has 1 aromatic carbocycles. The highest BCUT2D eigenvalue weighted by Gasteiger charge is 2.28. The number of hydrogen-bond acceptors (Lipinski definition) is 5. The third-order valence-corrected chi connectivity index (χ3v) is 5.11. The number of rotatable bonds is 3. The highest BCUT2D eigenvalue weighted by molar-refractivity contribution is 7.99. The standard InChI is InChI=1S/C16H15N5O2S/c1-9-2-4-10(5-3-9)18-13(22)6-11-8-24-16-19-14-12(7-17-20-14)15(23)21(11)16/h2-5,7,11H,6,8H2,1H3,(H,17,20)(H,18,22). The van der Waals surface area contributed by atoms with Crippen LogP contribution >= 0.6 is 11.8 Å². The molecule has 7 nitrogen and oxygen atoms in total. The van der Waals surface area contributed by atoms with Crippen LogP contribution in [0.2, 0.25) is 0 Å². The van der Waals surface area contributed by atoms with Crippen LogP contribution in [0.5, 0.6) is 0 Å². The molecule has 0 radical (unpaired) electrons. The first kappa shape index (κ1) is 14.9. The molecular weight excluding hydrogens is 326 g/mol. The number of H-pyrrole nitrogens is 1. The van der Waals surface area contributed by atoms with E-state index in [1.54, 1.807) is 4.57 Å². The molecule has 2 aromatic heterocycles. The van der Waals surface area contributed by atoms with Gasteiger partial charge in [0.2, 0.25) is 5.91 Å². The van der Waals surface area contributed by atoms with Gasteiger partial charge in [0.25, 0.3) is 5.56 Å². The van der Waals surface area contributed by atoms with E-state index in [0.29, 0.717) is 21.9 Å². The number of aryl methyl sites for hydroxylation is 1. The maximum absolute atomic E-state index is 12.6. The van der Waals surface area contributed by atoms with E-state index < -0.39 is 0 Å². The summed E-state index contributed by atoms with van der Waals surface area (Å²) in [4.78, 5) is 29.3. The lowest BCUT2D eigenvalue weighted by molar-refractivity contribution is -0.116. The van der Waals surface area contributed by atoms with Gasteiger partial charge in [-0.05, 0) is 19.1 Å². The van der Waals surface area contributed by atoms with Gasteiger partial charge in [0.1, 0.15) is 5.39 Å². The molecule has 0 spiro atoms. The molecule has 4 rings (SSSR count). The third-order valence-electron chi connectivity index (χ3n) is 4.01. The molecule has 2 N–H and O–H groups in total. The van der Waals surface area contributed by atoms with Crippen LogP contribution in [0.1, 0.15) is 18.0 Å². The Morgan fingerprint density at radius 2 is 2.21 bits per heavy atom. The number of nitrogens with zero attached hydrogens (tertiary/aromatic N) is 3. The minimum atomic E-state index is -0.199. The lowest BCUT2D eigenvalue weighted by atomic mass is 10.2. The Hall–Kier alpha value is -2.61. The van der Waals surface area contributed by atoms with E-state index in [4.69, 9.17) is 0 Å². The van der Waals surface area contributed by atoms with Gasteiger partial charge in [0.15, 0.2) is 10.8 Å². The summed E-state index contributed by atoms with van der Waals surface area (Å²) in [7, 11) is 0. The Labute approximate surface area is 141 Å². The Bertz CT molecular complexity index is 976. The lowest BCUT2D eigenvalue weighted by Crippen LogP contribution is -2.27. The van der Waals surface area contributed by atoms with Crippen LogP contribution in [0.4, 0.5) is 5.69 Å². The maximum atomic E-state index is 12.6. The van der Waals surface area contributed by atoms with Gasteiger partial charge in [-0.1, -0.05) is 29.5 Å². The van der Waals surface area contributed by atoms with Crippen LogP contribution in [0.15, 0.2) is 40.4 Å². The van der Waals surface area contributed by atoms with Gasteiger partial charge in [0.05, 0.1) is 12.2 Å². The van der Waals surface area contributed by atoms with E-state index in [0.717, 1.165) is 11.3 Å². The first-order chi connectivity index (χ1) is 11.6. The number of carbonyl (C=O) groups is 1. The van der Waals surface area contributed by atoms with Gasteiger partial charge in [-0.3, -0.25) is 19.3 Å². The summed E-state index contributed by atoms with van der Waals surface area (Å²) in [5, 5.41) is 10.5. The van der Waals surface area contributed by atoms with Crippen molar-refractivity contribution in [1.29, 1.82) is 0 Å². The fourth-order valence-electron chi connectivity index (χ4n) is 2.77. The van der Waals surface area contributed by atoms with E-state index in [1.807, 2.05) is 31.2 Å². The van der Waals surface area contributed by atoms with E-state index in [-0.39, 0.29) is 23.9 Å². The normalized spacial score (nSPS) is 16.3. The topological polar surface area (TPSA) is 92.7 Å². The quantitative estimate of drug-likeness (QED) is 0.712. The number of fused-ring (bicyclic) bond motifs is 2. The zero-order valence-electron chi connectivity index (χ0n) is 12.9. The average molecular weight is 341 g/mol. The summed E-state index contributed by atoms with van der Waals surface area (Å²) in [6, 6.07) is 7.43. The monoisotopic (exact) mass is 341 g/mol. The van der Waals surface area contributed by atoms with Gasteiger partial charge in [0, 0.05) is 17.9 Å². The van der Waals surface area contributed by atoms with Crippen molar-refractivity contribution in [2.75, 3.05) is 11.1 Å². The lowest BCUT2D eigenvalue weighted by Gasteiger charge is -2.13. The summed E-state index contributed by atoms with van der Waals surface area (Å²) in [5.41, 5.74) is 2.23. The predicted molar refractivity (Wildman–Crippen MR) is 92.3 cm³/mol. The van der Waals surface area contributed by atoms with Crippen LogP contribution in [0.25, 0.3) is 11.0 Å². The molecule has 1 atom stereocenters. The van der Waals surface area contributed by atoms with Crippen LogP contribution in [-0.2, 0) is 4.79 Å². The van der Waals surface area contributed by atoms with Crippen LogP contribution in [-0.4, -0.2) is 31.4 Å². The number of anilines is 1. The van der Waals surface area contributed by atoms with E-state index in [9.17, 15) is 9.59 Å². The van der Waals surface area contributed by atoms with Crippen molar-refractivity contribution >= 4 is 34.4 Å². The Kier molecular flexibility index (Phi) is 3.61. The summed E-state index contributed by atoms with van der Waals surface area (Å²) in [5.74, 6) is 0.542. The molecule has 3 aromatic rings. The van der Waals surface area contributed by atoms with Crippen LogP contribution in [0, 0.1) is 6.92 Å². The van der Waals surface area contributed by atoms with Gasteiger partial charge in [-0.15, -0.1) is 0 Å². The van der Waals surface area contributed by atoms with Gasteiger partial charge < -0.3 is 5.32 Å². The highest BCUT2D eigenvalue weighted by atomic mass is 32.2. The molecule has 8 heteroatoms. The SMILES string of the molecule is Cc1ccc(NC(=O)CC2CSc3nc4[nH]ncc4c(=O)n32)cc1. The Morgan fingerprint density at radius 1 is 1.42 bits per heavy atom. The summed E-state index contributed by atoms with van der Waals surface area (Å²) >= 11 is 1.48. The van der Waals surface area contributed by atoms with Gasteiger partial charge in [-0.2, -0.15) is 5.10 Å². The molecule has 0 aliphatic carbocycles. The van der Waals surface area contributed by atoms with E-state index in [1.165, 1.54) is 18.0 Å². The molecule has 1 aliphatic rings. The van der Waals surface area contributed by atoms with Crippen molar-refractivity contribution in [2.45, 2.75) is 24.5 Å². The van der Waals surface area contributed by atoms with Gasteiger partial charge >= 0.3 is 0 Å². The number of aromatic amines is 1. The molecule has 0 fully saturated rings. The summed E-state index contributed by atoms with van der Waals surface area (Å²) < 4.78 is 1.61. The van der Waals surface area contributed by atoms with Crippen molar-refractivity contribution in [3.63, 3.8) is 0 Å². The number of carbonyl (C=O) groups excluding carboxylic acids is 1. The fourth-order valence-corrected chi connectivity index (χ4v) is 3.90. The first-order valence-electron chi connectivity index (χ1n) is 7.57. The highest BCUT2D eigenvalue weighted by Crippen LogP contribution is 2.32. The maximum Gasteiger partial charge on any atom is 0.265 e. The molecule has 0 bridgehead atoms. The molecule has 3 heterocycles. The number of nitrogens with one attached hydrogen (secondary N) is 2. The Balaban J connectivity index is 1.56. The van der Waals surface area contributed by atoms with Gasteiger partial charge in [-0.25, -0.2) is 4.98 Å². The number of amides is 1. The van der Waals surface area contributed by atoms with Crippen molar-refractivity contribution in [3.05, 3.63) is 46.4 Å². The summed E-state index contributed by atoms with van der Waals surface area (Å²) in [6.07, 6.45) is 1.71. The molecule has 24 heavy (non-hydrogen) atoms. The summed E-state index contributed by atoms with van der Waals surface area (Å²) in [6.45, 7) is 1.99. The van der Waals surface area contributed by atoms with Crippen molar-refractivity contribution in [2.24, 2.45) is 0 Å². The molecular formula is C16H15N5O2S. The average Bonchev–Trinajstić information content (AvgIpc) is 3.17. The van der Waals surface area contributed by atoms with Crippen LogP contribution < -0.4 is 10.9 Å². The molecule has 0 saturated heterocycles. The van der Waals surface area contributed by atoms with Crippen molar-refractivity contribution in [3.8, 4) is 0 Å². The zero-order chi connectivity index (χ0) is 16.7. The minimum Gasteiger partial charge on any atom is -0.326 e. The zero-order valence-corrected chi connectivity index (χ0v) is 13.8. The van der Waals surface area contributed by atoms with Crippen molar-refractivity contribution in [1.82, 2.24) is 19.7 Å². The molecule has 1 amide bonds. The first-order valence-corrected chi connectivity index (χ1v) is 8.55. The largest absolute Gasteiger partial charge is 0.326 e. The number of benzene rings is 1. The Morgan fingerprint density at radius 3 is 3.00 bits per heavy atom. The van der Waals surface area contributed by atoms with Crippen molar-refractivity contribution < 1.29 is 4.79 Å². The second kappa shape index (κ2) is 5.79. The molecule has 122 valence electrons. The second-order valence-electron chi connectivity index (χ2n) is 5.78.